The van der Waals surface area contributed by atoms with Crippen molar-refractivity contribution in [2.24, 2.45) is 0 Å². The Labute approximate surface area is 139 Å². The minimum Gasteiger partial charge on any atom is -0.357 e. The van der Waals surface area contributed by atoms with Crippen LogP contribution in [0.3, 0.4) is 0 Å². The zero-order valence-electron chi connectivity index (χ0n) is 13.4. The molecule has 0 unspecified atom stereocenters. The van der Waals surface area contributed by atoms with E-state index in [4.69, 9.17) is 0 Å². The molecule has 3 rings (SSSR count). The number of hydrogen-bond donors (Lipinski definition) is 1. The van der Waals surface area contributed by atoms with Crippen molar-refractivity contribution in [1.29, 1.82) is 0 Å². The van der Waals surface area contributed by atoms with Gasteiger partial charge in [-0.1, -0.05) is 0 Å². The summed E-state index contributed by atoms with van der Waals surface area (Å²) >= 11 is 0. The van der Waals surface area contributed by atoms with E-state index in [0.717, 1.165) is 31.7 Å². The van der Waals surface area contributed by atoms with Crippen LogP contribution in [0, 0.1) is 0 Å². The number of amides is 1. The summed E-state index contributed by atoms with van der Waals surface area (Å²) in [5.41, 5.74) is 0.139. The van der Waals surface area contributed by atoms with Gasteiger partial charge in [-0.15, -0.1) is 0 Å². The normalized spacial score (nSPS) is 14.4. The van der Waals surface area contributed by atoms with Gasteiger partial charge in [0, 0.05) is 38.0 Å². The van der Waals surface area contributed by atoms with Crippen LogP contribution < -0.4 is 15.8 Å². The number of carbonyl (C=O) groups excluding carboxylic acids is 1. The van der Waals surface area contributed by atoms with E-state index in [1.807, 2.05) is 0 Å². The monoisotopic (exact) mass is 328 g/mol. The summed E-state index contributed by atoms with van der Waals surface area (Å²) in [6.07, 6.45) is 6.48. The number of nitrogens with zero attached hydrogens (tertiary/aromatic N) is 5. The van der Waals surface area contributed by atoms with Crippen molar-refractivity contribution in [3.63, 3.8) is 0 Å². The molecule has 1 aliphatic rings. The summed E-state index contributed by atoms with van der Waals surface area (Å²) in [5.74, 6) is 0.510. The van der Waals surface area contributed by atoms with Gasteiger partial charge < -0.3 is 10.2 Å². The fourth-order valence-corrected chi connectivity index (χ4v) is 2.69. The fourth-order valence-electron chi connectivity index (χ4n) is 2.69. The standard InChI is InChI=1S/C16H20N6O2/c23-15-5-4-6-20-22(15)10-7-17-16(24)13-11-14(19-12-18-13)21-8-2-1-3-9-21/h4-6,11-12H,1-3,7-10H2,(H,17,24). The third-order valence-corrected chi connectivity index (χ3v) is 3.96. The predicted octanol–water partition coefficient (Wildman–Crippen LogP) is 0.454. The Hall–Kier alpha value is -2.77. The SMILES string of the molecule is O=C(NCCn1ncccc1=O)c1cc(N2CCCCC2)ncn1. The Kier molecular flexibility index (Phi) is 5.15. The first-order valence-electron chi connectivity index (χ1n) is 8.11. The molecule has 0 radical (unpaired) electrons. The Morgan fingerprint density at radius 3 is 2.83 bits per heavy atom. The largest absolute Gasteiger partial charge is 0.357 e. The number of hydrogen-bond acceptors (Lipinski definition) is 6. The molecule has 0 aromatic carbocycles. The van der Waals surface area contributed by atoms with Gasteiger partial charge in [-0.05, 0) is 25.3 Å². The van der Waals surface area contributed by atoms with Gasteiger partial charge in [0.1, 0.15) is 17.8 Å². The number of piperidine rings is 1. The van der Waals surface area contributed by atoms with Gasteiger partial charge >= 0.3 is 0 Å². The highest BCUT2D eigenvalue weighted by Gasteiger charge is 2.15. The van der Waals surface area contributed by atoms with Crippen LogP contribution in [-0.2, 0) is 6.54 Å². The lowest BCUT2D eigenvalue weighted by atomic mass is 10.1. The summed E-state index contributed by atoms with van der Waals surface area (Å²) in [6.45, 7) is 2.54. The molecule has 1 fully saturated rings. The van der Waals surface area contributed by atoms with E-state index in [9.17, 15) is 9.59 Å². The first kappa shape index (κ1) is 16.1. The van der Waals surface area contributed by atoms with Gasteiger partial charge in [0.2, 0.25) is 0 Å². The Balaban J connectivity index is 1.58. The molecule has 1 aliphatic heterocycles. The summed E-state index contributed by atoms with van der Waals surface area (Å²) in [7, 11) is 0. The van der Waals surface area contributed by atoms with Crippen LogP contribution in [0.4, 0.5) is 5.82 Å². The van der Waals surface area contributed by atoms with Crippen molar-refractivity contribution in [2.45, 2.75) is 25.8 Å². The molecule has 126 valence electrons. The first-order valence-corrected chi connectivity index (χ1v) is 8.11. The van der Waals surface area contributed by atoms with Crippen LogP contribution >= 0.6 is 0 Å². The number of rotatable bonds is 5. The molecule has 1 amide bonds. The van der Waals surface area contributed by atoms with Gasteiger partial charge in [0.05, 0.1) is 6.54 Å². The van der Waals surface area contributed by atoms with Crippen LogP contribution in [0.2, 0.25) is 0 Å². The lowest BCUT2D eigenvalue weighted by Crippen LogP contribution is -2.33. The fraction of sp³-hybridized carbons (Fsp3) is 0.438. The Morgan fingerprint density at radius 1 is 1.21 bits per heavy atom. The average Bonchev–Trinajstić information content (AvgIpc) is 2.64. The molecule has 0 bridgehead atoms. The van der Waals surface area contributed by atoms with E-state index < -0.39 is 0 Å². The van der Waals surface area contributed by atoms with Crippen molar-refractivity contribution >= 4 is 11.7 Å². The van der Waals surface area contributed by atoms with Gasteiger partial charge in [-0.3, -0.25) is 9.59 Å². The van der Waals surface area contributed by atoms with Crippen molar-refractivity contribution < 1.29 is 4.79 Å². The topological polar surface area (TPSA) is 93.0 Å². The number of carbonyl (C=O) groups is 1. The smallest absolute Gasteiger partial charge is 0.270 e. The summed E-state index contributed by atoms with van der Waals surface area (Å²) in [4.78, 5) is 34.3. The molecule has 0 spiro atoms. The number of aromatic nitrogens is 4. The van der Waals surface area contributed by atoms with E-state index in [1.165, 1.54) is 23.5 Å². The first-order chi connectivity index (χ1) is 11.7. The maximum Gasteiger partial charge on any atom is 0.270 e. The molecule has 0 saturated carbocycles. The lowest BCUT2D eigenvalue weighted by molar-refractivity contribution is 0.0946. The molecular weight excluding hydrogens is 308 g/mol. The van der Waals surface area contributed by atoms with Gasteiger partial charge in [0.25, 0.3) is 11.5 Å². The second-order valence-electron chi connectivity index (χ2n) is 5.65. The highest BCUT2D eigenvalue weighted by molar-refractivity contribution is 5.92. The molecular formula is C16H20N6O2. The third kappa shape index (κ3) is 3.95. The molecule has 0 aliphatic carbocycles. The van der Waals surface area contributed by atoms with E-state index in [0.29, 0.717) is 18.8 Å². The molecule has 24 heavy (non-hydrogen) atoms. The molecule has 3 heterocycles. The van der Waals surface area contributed by atoms with Crippen molar-refractivity contribution in [3.05, 3.63) is 46.8 Å². The highest BCUT2D eigenvalue weighted by atomic mass is 16.2. The van der Waals surface area contributed by atoms with E-state index in [-0.39, 0.29) is 11.5 Å². The zero-order chi connectivity index (χ0) is 16.8. The van der Waals surface area contributed by atoms with Gasteiger partial charge in [0.15, 0.2) is 0 Å². The quantitative estimate of drug-likeness (QED) is 0.857. The zero-order valence-corrected chi connectivity index (χ0v) is 13.4. The van der Waals surface area contributed by atoms with Crippen LogP contribution in [0.1, 0.15) is 29.8 Å². The number of anilines is 1. The minimum absolute atomic E-state index is 0.193. The van der Waals surface area contributed by atoms with E-state index in [2.05, 4.69) is 25.3 Å². The maximum atomic E-state index is 12.2. The Morgan fingerprint density at radius 2 is 2.04 bits per heavy atom. The van der Waals surface area contributed by atoms with Gasteiger partial charge in [-0.25, -0.2) is 14.6 Å². The lowest BCUT2D eigenvalue weighted by Gasteiger charge is -2.27. The Bertz CT molecular complexity index is 754. The van der Waals surface area contributed by atoms with Crippen LogP contribution in [-0.4, -0.2) is 45.3 Å². The van der Waals surface area contributed by atoms with Crippen molar-refractivity contribution in [2.75, 3.05) is 24.5 Å². The molecule has 8 heteroatoms. The van der Waals surface area contributed by atoms with Crippen molar-refractivity contribution in [1.82, 2.24) is 25.1 Å². The second-order valence-corrected chi connectivity index (χ2v) is 5.65. The van der Waals surface area contributed by atoms with E-state index in [1.54, 1.807) is 18.3 Å². The van der Waals surface area contributed by atoms with Crippen molar-refractivity contribution in [3.8, 4) is 0 Å². The third-order valence-electron chi connectivity index (χ3n) is 3.96. The molecule has 2 aromatic rings. The molecule has 8 nitrogen and oxygen atoms in total. The summed E-state index contributed by atoms with van der Waals surface area (Å²) in [6, 6.07) is 4.73. The molecule has 1 saturated heterocycles. The molecule has 2 aromatic heterocycles. The molecule has 0 atom stereocenters. The summed E-state index contributed by atoms with van der Waals surface area (Å²) < 4.78 is 1.30. The van der Waals surface area contributed by atoms with E-state index >= 15 is 0 Å². The van der Waals surface area contributed by atoms with Gasteiger partial charge in [-0.2, -0.15) is 5.10 Å². The second kappa shape index (κ2) is 7.67. The van der Waals surface area contributed by atoms with Crippen LogP contribution in [0.25, 0.3) is 0 Å². The molecule has 1 N–H and O–H groups in total. The van der Waals surface area contributed by atoms with Crippen LogP contribution in [0.5, 0.6) is 0 Å². The highest BCUT2D eigenvalue weighted by Crippen LogP contribution is 2.17. The van der Waals surface area contributed by atoms with Crippen LogP contribution in [0.15, 0.2) is 35.5 Å². The average molecular weight is 328 g/mol. The summed E-state index contributed by atoms with van der Waals surface area (Å²) in [5, 5.41) is 6.70. The predicted molar refractivity (Wildman–Crippen MR) is 88.9 cm³/mol. The number of nitrogens with one attached hydrogen (secondary N) is 1. The minimum atomic E-state index is -0.278. The maximum absolute atomic E-state index is 12.2.